The van der Waals surface area contributed by atoms with Crippen LogP contribution in [0.1, 0.15) is 25.7 Å². The summed E-state index contributed by atoms with van der Waals surface area (Å²) in [5.41, 5.74) is 0.689. The maximum Gasteiger partial charge on any atom is 0.0464 e. The van der Waals surface area contributed by atoms with Gasteiger partial charge >= 0.3 is 0 Å². The van der Waals surface area contributed by atoms with Crippen LogP contribution in [0, 0.1) is 11.3 Å². The van der Waals surface area contributed by atoms with E-state index >= 15 is 0 Å². The van der Waals surface area contributed by atoms with Crippen molar-refractivity contribution in [2.45, 2.75) is 25.7 Å². The lowest BCUT2D eigenvalue weighted by atomic mass is 9.71. The van der Waals surface area contributed by atoms with E-state index in [1.54, 1.807) is 0 Å². The van der Waals surface area contributed by atoms with Crippen molar-refractivity contribution in [3.05, 3.63) is 0 Å². The molecule has 2 rings (SSSR count). The van der Waals surface area contributed by atoms with Gasteiger partial charge in [-0.25, -0.2) is 0 Å². The molecule has 2 aliphatic rings. The summed E-state index contributed by atoms with van der Waals surface area (Å²) in [5.74, 6) is 0.697. The first-order chi connectivity index (χ1) is 3.87. The van der Waals surface area contributed by atoms with E-state index in [-0.39, 0.29) is 0 Å². The first-order valence-electron chi connectivity index (χ1n) is 3.48. The van der Waals surface area contributed by atoms with Crippen molar-refractivity contribution in [1.82, 2.24) is 0 Å². The minimum absolute atomic E-state index is 0.444. The van der Waals surface area contributed by atoms with Crippen LogP contribution in [0.25, 0.3) is 0 Å². The Hall–Kier alpha value is -0.0400. The number of hydrogen-bond donors (Lipinski definition) is 1. The molecule has 0 bridgehead atoms. The molecule has 1 nitrogen and oxygen atoms in total. The van der Waals surface area contributed by atoms with E-state index in [4.69, 9.17) is 5.11 Å². The first-order valence-corrected chi connectivity index (χ1v) is 3.48. The summed E-state index contributed by atoms with van der Waals surface area (Å²) in [4.78, 5) is 0. The second-order valence-corrected chi connectivity index (χ2v) is 3.28. The largest absolute Gasteiger partial charge is 0.396 e. The molecule has 0 aromatic carbocycles. The molecule has 0 aliphatic heterocycles. The van der Waals surface area contributed by atoms with Gasteiger partial charge in [-0.2, -0.15) is 0 Å². The molecule has 0 radical (unpaired) electrons. The third-order valence-electron chi connectivity index (χ3n) is 2.97. The molecule has 8 heavy (non-hydrogen) atoms. The Morgan fingerprint density at radius 2 is 2.12 bits per heavy atom. The van der Waals surface area contributed by atoms with Crippen LogP contribution >= 0.6 is 0 Å². The van der Waals surface area contributed by atoms with E-state index in [2.05, 4.69) is 0 Å². The zero-order chi connectivity index (χ0) is 5.61. The summed E-state index contributed by atoms with van der Waals surface area (Å²) in [6, 6.07) is 0. The van der Waals surface area contributed by atoms with Gasteiger partial charge in [0.25, 0.3) is 0 Å². The third-order valence-corrected chi connectivity index (χ3v) is 2.97. The Morgan fingerprint density at radius 3 is 2.25 bits per heavy atom. The van der Waals surface area contributed by atoms with E-state index < -0.39 is 0 Å². The lowest BCUT2D eigenvalue weighted by Crippen LogP contribution is -2.30. The van der Waals surface area contributed by atoms with Crippen LogP contribution in [0.5, 0.6) is 0 Å². The zero-order valence-corrected chi connectivity index (χ0v) is 5.06. The van der Waals surface area contributed by atoms with Crippen molar-refractivity contribution in [3.63, 3.8) is 0 Å². The highest BCUT2D eigenvalue weighted by molar-refractivity contribution is 5.05. The summed E-state index contributed by atoms with van der Waals surface area (Å²) in [6.45, 7) is 0.444. The van der Waals surface area contributed by atoms with Crippen molar-refractivity contribution in [2.24, 2.45) is 11.3 Å². The number of aliphatic hydroxyl groups is 1. The van der Waals surface area contributed by atoms with Crippen LogP contribution in [-0.2, 0) is 0 Å². The Labute approximate surface area is 49.7 Å². The molecule has 2 saturated carbocycles. The van der Waals surface area contributed by atoms with Gasteiger partial charge in [-0.05, 0) is 37.0 Å². The normalized spacial score (nSPS) is 39.4. The quantitative estimate of drug-likeness (QED) is 0.540. The summed E-state index contributed by atoms with van der Waals surface area (Å²) in [5, 5.41) is 8.76. The van der Waals surface area contributed by atoms with E-state index in [1.165, 1.54) is 25.7 Å². The lowest BCUT2D eigenvalue weighted by Gasteiger charge is -2.35. The Morgan fingerprint density at radius 1 is 1.38 bits per heavy atom. The second kappa shape index (κ2) is 1.27. The molecule has 2 aliphatic carbocycles. The van der Waals surface area contributed by atoms with Crippen LogP contribution < -0.4 is 0 Å². The highest BCUT2D eigenvalue weighted by Gasteiger charge is 2.54. The molecule has 0 aromatic rings. The average Bonchev–Trinajstić information content (AvgIpc) is 2.42. The van der Waals surface area contributed by atoms with E-state index in [0.717, 1.165) is 0 Å². The summed E-state index contributed by atoms with van der Waals surface area (Å²) >= 11 is 0. The molecule has 0 saturated heterocycles. The molecule has 0 amide bonds. The van der Waals surface area contributed by atoms with Gasteiger partial charge in [-0.1, -0.05) is 0 Å². The monoisotopic (exact) mass is 112 g/mol. The van der Waals surface area contributed by atoms with Crippen LogP contribution in [0.3, 0.4) is 0 Å². The highest BCUT2D eigenvalue weighted by Crippen LogP contribution is 2.64. The van der Waals surface area contributed by atoms with Crippen LogP contribution in [0.15, 0.2) is 0 Å². The minimum Gasteiger partial charge on any atom is -0.396 e. The Balaban J connectivity index is 1.98. The average molecular weight is 112 g/mol. The number of hydrogen-bond acceptors (Lipinski definition) is 1. The predicted octanol–water partition coefficient (Wildman–Crippen LogP) is 1.17. The van der Waals surface area contributed by atoms with Crippen molar-refractivity contribution in [3.8, 4) is 0 Å². The fourth-order valence-electron chi connectivity index (χ4n) is 1.86. The molecule has 1 N–H and O–H groups in total. The standard InChI is InChI=1S/C7H12O/c8-5-6-1-2-7(6)3-4-7/h6,8H,1-5H2. The molecule has 1 atom stereocenters. The smallest absolute Gasteiger partial charge is 0.0464 e. The van der Waals surface area contributed by atoms with Gasteiger partial charge in [-0.3, -0.25) is 0 Å². The zero-order valence-electron chi connectivity index (χ0n) is 5.06. The van der Waals surface area contributed by atoms with Gasteiger partial charge < -0.3 is 5.11 Å². The lowest BCUT2D eigenvalue weighted by molar-refractivity contribution is 0.0724. The number of aliphatic hydroxyl groups excluding tert-OH is 1. The van der Waals surface area contributed by atoms with Crippen molar-refractivity contribution in [2.75, 3.05) is 6.61 Å². The number of rotatable bonds is 1. The minimum atomic E-state index is 0.444. The molecule has 0 heterocycles. The summed E-state index contributed by atoms with van der Waals surface area (Å²) in [7, 11) is 0. The molecule has 1 spiro atoms. The molecule has 2 fully saturated rings. The SMILES string of the molecule is OCC1CCC12CC2. The van der Waals surface area contributed by atoms with Gasteiger partial charge in [0.05, 0.1) is 0 Å². The van der Waals surface area contributed by atoms with Crippen molar-refractivity contribution in [1.29, 1.82) is 0 Å². The Kier molecular flexibility index (Phi) is 0.762. The molecule has 1 unspecified atom stereocenters. The molecular weight excluding hydrogens is 100 g/mol. The van der Waals surface area contributed by atoms with Crippen LogP contribution in [0.4, 0.5) is 0 Å². The molecular formula is C7H12O. The van der Waals surface area contributed by atoms with E-state index in [9.17, 15) is 0 Å². The topological polar surface area (TPSA) is 20.2 Å². The van der Waals surface area contributed by atoms with Gasteiger partial charge in [-0.15, -0.1) is 0 Å². The molecule has 46 valence electrons. The second-order valence-electron chi connectivity index (χ2n) is 3.28. The van der Waals surface area contributed by atoms with Crippen molar-refractivity contribution < 1.29 is 5.11 Å². The van der Waals surface area contributed by atoms with Crippen LogP contribution in [-0.4, -0.2) is 11.7 Å². The maximum atomic E-state index is 8.76. The van der Waals surface area contributed by atoms with Gasteiger partial charge in [0.1, 0.15) is 0 Å². The van der Waals surface area contributed by atoms with Gasteiger partial charge in [0, 0.05) is 6.61 Å². The van der Waals surface area contributed by atoms with Crippen LogP contribution in [0.2, 0.25) is 0 Å². The molecule has 0 aromatic heterocycles. The maximum absolute atomic E-state index is 8.76. The molecule has 1 heteroatoms. The van der Waals surface area contributed by atoms with Gasteiger partial charge in [0.15, 0.2) is 0 Å². The summed E-state index contributed by atoms with van der Waals surface area (Å²) in [6.07, 6.45) is 5.49. The summed E-state index contributed by atoms with van der Waals surface area (Å²) < 4.78 is 0. The van der Waals surface area contributed by atoms with Crippen molar-refractivity contribution >= 4 is 0 Å². The van der Waals surface area contributed by atoms with Gasteiger partial charge in [0.2, 0.25) is 0 Å². The fourth-order valence-corrected chi connectivity index (χ4v) is 1.86. The predicted molar refractivity (Wildman–Crippen MR) is 31.5 cm³/mol. The fraction of sp³-hybridized carbons (Fsp3) is 1.00. The third kappa shape index (κ3) is 0.408. The first kappa shape index (κ1) is 4.80. The van der Waals surface area contributed by atoms with E-state index in [1.807, 2.05) is 0 Å². The Bertz CT molecular complexity index is 103. The highest BCUT2D eigenvalue weighted by atomic mass is 16.3. The van der Waals surface area contributed by atoms with E-state index in [0.29, 0.717) is 17.9 Å².